The lowest BCUT2D eigenvalue weighted by Gasteiger charge is -2.35. The van der Waals surface area contributed by atoms with Crippen LogP contribution in [0.15, 0.2) is 11.0 Å². The van der Waals surface area contributed by atoms with Crippen molar-refractivity contribution in [2.24, 2.45) is 0 Å². The number of nitrogen functional groups attached to an aromatic ring is 1. The fourth-order valence-electron chi connectivity index (χ4n) is 1.52. The van der Waals surface area contributed by atoms with Gasteiger partial charge in [0.15, 0.2) is 11.6 Å². The summed E-state index contributed by atoms with van der Waals surface area (Å²) in [5.74, 6) is -1.87. The third-order valence-corrected chi connectivity index (χ3v) is 2.94. The summed E-state index contributed by atoms with van der Waals surface area (Å²) < 4.78 is 32.2. The summed E-state index contributed by atoms with van der Waals surface area (Å²) in [6.07, 6.45) is -4.23. The SMILES string of the molecule is COC(CO)(CO)[C@@H](O)[C@H](F)n1cc(F)c(N)nc1=O. The van der Waals surface area contributed by atoms with Gasteiger partial charge in [-0.1, -0.05) is 0 Å². The smallest absolute Gasteiger partial charge is 0.352 e. The van der Waals surface area contributed by atoms with Crippen molar-refractivity contribution in [2.45, 2.75) is 18.0 Å². The number of aliphatic hydroxyl groups excluding tert-OH is 3. The fraction of sp³-hybridized carbons (Fsp3) is 0.600. The molecule has 0 radical (unpaired) electrons. The second-order valence-corrected chi connectivity index (χ2v) is 4.07. The van der Waals surface area contributed by atoms with Crippen molar-refractivity contribution in [2.75, 3.05) is 26.1 Å². The van der Waals surface area contributed by atoms with Crippen LogP contribution in [0.5, 0.6) is 0 Å². The van der Waals surface area contributed by atoms with Crippen LogP contribution in [0.3, 0.4) is 0 Å². The zero-order chi connectivity index (χ0) is 15.5. The van der Waals surface area contributed by atoms with Gasteiger partial charge in [0.1, 0.15) is 11.7 Å². The Morgan fingerprint density at radius 2 is 2.10 bits per heavy atom. The quantitative estimate of drug-likeness (QED) is 0.485. The minimum absolute atomic E-state index is 0.148. The predicted octanol–water partition coefficient (Wildman–Crippen LogP) is -1.84. The molecule has 0 unspecified atom stereocenters. The number of aliphatic hydroxyl groups is 3. The van der Waals surface area contributed by atoms with Gasteiger partial charge >= 0.3 is 5.69 Å². The first-order valence-electron chi connectivity index (χ1n) is 5.46. The molecular weight excluding hydrogens is 280 g/mol. The molecule has 0 spiro atoms. The van der Waals surface area contributed by atoms with E-state index < -0.39 is 48.5 Å². The van der Waals surface area contributed by atoms with Crippen molar-refractivity contribution in [3.05, 3.63) is 22.5 Å². The first-order chi connectivity index (χ1) is 9.32. The highest BCUT2D eigenvalue weighted by atomic mass is 19.1. The van der Waals surface area contributed by atoms with E-state index in [1.165, 1.54) is 0 Å². The summed E-state index contributed by atoms with van der Waals surface area (Å²) in [4.78, 5) is 14.4. The number of methoxy groups -OCH3 is 1. The Bertz CT molecular complexity index is 512. The largest absolute Gasteiger partial charge is 0.393 e. The Morgan fingerprint density at radius 1 is 1.55 bits per heavy atom. The van der Waals surface area contributed by atoms with Gasteiger partial charge in [-0.3, -0.25) is 4.57 Å². The van der Waals surface area contributed by atoms with E-state index in [0.717, 1.165) is 7.11 Å². The molecule has 0 aliphatic heterocycles. The average molecular weight is 295 g/mol. The molecule has 0 aliphatic rings. The zero-order valence-electron chi connectivity index (χ0n) is 10.5. The van der Waals surface area contributed by atoms with E-state index in [4.69, 9.17) is 20.7 Å². The molecular formula is C10H15F2N3O5. The van der Waals surface area contributed by atoms with Crippen LogP contribution in [0.25, 0.3) is 0 Å². The van der Waals surface area contributed by atoms with Gasteiger partial charge in [-0.15, -0.1) is 0 Å². The van der Waals surface area contributed by atoms with Crippen molar-refractivity contribution in [3.63, 3.8) is 0 Å². The van der Waals surface area contributed by atoms with E-state index in [2.05, 4.69) is 4.98 Å². The predicted molar refractivity (Wildman–Crippen MR) is 62.9 cm³/mol. The number of hydrogen-bond donors (Lipinski definition) is 4. The van der Waals surface area contributed by atoms with Crippen LogP contribution in [0, 0.1) is 5.82 Å². The van der Waals surface area contributed by atoms with E-state index >= 15 is 0 Å². The van der Waals surface area contributed by atoms with E-state index in [9.17, 15) is 18.7 Å². The molecule has 2 atom stereocenters. The molecule has 10 heteroatoms. The number of nitrogens with zero attached hydrogens (tertiary/aromatic N) is 2. The van der Waals surface area contributed by atoms with Gasteiger partial charge < -0.3 is 25.8 Å². The Morgan fingerprint density at radius 3 is 2.55 bits per heavy atom. The second kappa shape index (κ2) is 6.22. The molecule has 0 fully saturated rings. The van der Waals surface area contributed by atoms with Crippen LogP contribution in [0.2, 0.25) is 0 Å². The average Bonchev–Trinajstić information content (AvgIpc) is 2.44. The minimum Gasteiger partial charge on any atom is -0.393 e. The van der Waals surface area contributed by atoms with Gasteiger partial charge in [0, 0.05) is 7.11 Å². The number of halogens is 2. The van der Waals surface area contributed by atoms with Crippen LogP contribution >= 0.6 is 0 Å². The standard InChI is InChI=1S/C10H15F2N3O5/c1-20-10(3-16,4-17)6(18)7(12)15-2-5(11)8(13)14-9(15)19/h2,6-7,16-18H,3-4H2,1H3,(H2,13,14,19)/t6-,7+/m0/s1. The molecule has 0 saturated carbocycles. The van der Waals surface area contributed by atoms with Gasteiger partial charge in [0.05, 0.1) is 19.4 Å². The van der Waals surface area contributed by atoms with Crippen molar-refractivity contribution in [1.82, 2.24) is 9.55 Å². The third-order valence-electron chi connectivity index (χ3n) is 2.94. The molecule has 0 saturated heterocycles. The molecule has 0 amide bonds. The van der Waals surface area contributed by atoms with Crippen LogP contribution < -0.4 is 11.4 Å². The number of ether oxygens (including phenoxy) is 1. The molecule has 1 rings (SSSR count). The number of hydrogen-bond acceptors (Lipinski definition) is 7. The summed E-state index contributed by atoms with van der Waals surface area (Å²) in [5, 5.41) is 28.0. The molecule has 0 bridgehead atoms. The first kappa shape index (κ1) is 16.4. The lowest BCUT2D eigenvalue weighted by molar-refractivity contribution is -0.182. The molecule has 1 aromatic rings. The number of alkyl halides is 1. The Balaban J connectivity index is 3.21. The maximum atomic E-state index is 14.1. The summed E-state index contributed by atoms with van der Waals surface area (Å²) in [7, 11) is 1.02. The van der Waals surface area contributed by atoms with Crippen LogP contribution in [-0.2, 0) is 4.74 Å². The van der Waals surface area contributed by atoms with E-state index in [-0.39, 0.29) is 4.57 Å². The maximum absolute atomic E-state index is 14.1. The van der Waals surface area contributed by atoms with Crippen LogP contribution in [-0.4, -0.2) is 56.9 Å². The first-order valence-corrected chi connectivity index (χ1v) is 5.46. The lowest BCUT2D eigenvalue weighted by atomic mass is 9.97. The van der Waals surface area contributed by atoms with E-state index in [1.807, 2.05) is 0 Å². The maximum Gasteiger partial charge on any atom is 0.352 e. The van der Waals surface area contributed by atoms with Gasteiger partial charge in [-0.05, 0) is 0 Å². The molecule has 5 N–H and O–H groups in total. The molecule has 8 nitrogen and oxygen atoms in total. The van der Waals surface area contributed by atoms with Gasteiger partial charge in [-0.25, -0.2) is 13.6 Å². The lowest BCUT2D eigenvalue weighted by Crippen LogP contribution is -2.54. The van der Waals surface area contributed by atoms with Gasteiger partial charge in [0.25, 0.3) is 0 Å². The summed E-state index contributed by atoms with van der Waals surface area (Å²) in [6, 6.07) is 0. The minimum atomic E-state index is -2.51. The molecule has 1 aromatic heterocycles. The molecule has 0 aliphatic carbocycles. The number of anilines is 1. The van der Waals surface area contributed by atoms with Crippen molar-refractivity contribution >= 4 is 5.82 Å². The number of aromatic nitrogens is 2. The summed E-state index contributed by atoms with van der Waals surface area (Å²) in [5.41, 5.74) is 1.74. The van der Waals surface area contributed by atoms with Crippen molar-refractivity contribution in [1.29, 1.82) is 0 Å². The summed E-state index contributed by atoms with van der Waals surface area (Å²) >= 11 is 0. The highest BCUT2D eigenvalue weighted by molar-refractivity contribution is 5.26. The zero-order valence-corrected chi connectivity index (χ0v) is 10.5. The molecule has 1 heterocycles. The van der Waals surface area contributed by atoms with Crippen molar-refractivity contribution in [3.8, 4) is 0 Å². The van der Waals surface area contributed by atoms with E-state index in [1.54, 1.807) is 0 Å². The highest BCUT2D eigenvalue weighted by Crippen LogP contribution is 2.25. The normalized spacial score (nSPS) is 15.1. The molecule has 0 aromatic carbocycles. The van der Waals surface area contributed by atoms with Crippen LogP contribution in [0.4, 0.5) is 14.6 Å². The van der Waals surface area contributed by atoms with Gasteiger partial charge in [-0.2, -0.15) is 4.98 Å². The fourth-order valence-corrected chi connectivity index (χ4v) is 1.52. The third kappa shape index (κ3) is 2.77. The van der Waals surface area contributed by atoms with Crippen LogP contribution in [0.1, 0.15) is 6.30 Å². The second-order valence-electron chi connectivity index (χ2n) is 4.07. The molecule has 114 valence electrons. The topological polar surface area (TPSA) is 131 Å². The van der Waals surface area contributed by atoms with Gasteiger partial charge in [0.2, 0.25) is 6.30 Å². The Labute approximate surface area is 112 Å². The molecule has 20 heavy (non-hydrogen) atoms. The number of rotatable bonds is 6. The monoisotopic (exact) mass is 295 g/mol. The van der Waals surface area contributed by atoms with Crippen molar-refractivity contribution < 1.29 is 28.8 Å². The Hall–Kier alpha value is -1.62. The number of nitrogens with two attached hydrogens (primary N) is 1. The Kier molecular flexibility index (Phi) is 5.11. The summed E-state index contributed by atoms with van der Waals surface area (Å²) in [6.45, 7) is -1.86. The van der Waals surface area contributed by atoms with E-state index in [0.29, 0.717) is 6.20 Å². The highest BCUT2D eigenvalue weighted by Gasteiger charge is 2.43.